The number of nitro groups is 1. The smallest absolute Gasteiger partial charge is 0.355 e. The molecule has 12 nitrogen and oxygen atoms in total. The molecule has 3 rings (SSSR count). The second-order valence-electron chi connectivity index (χ2n) is 5.65. The molecule has 0 bridgehead atoms. The summed E-state index contributed by atoms with van der Waals surface area (Å²) in [5.41, 5.74) is 4.92. The van der Waals surface area contributed by atoms with Crippen LogP contribution in [0.4, 0.5) is 23.0 Å². The lowest BCUT2D eigenvalue weighted by molar-refractivity contribution is -0.383. The zero-order chi connectivity index (χ0) is 21.5. The molecule has 12 heteroatoms. The molecular formula is C18H15N7O5. The molecule has 0 spiro atoms. The SMILES string of the molecule is COC(=O)c1ccccc1Nc1ncnc(NNC(=O)c2ccncc2)c1[N+](=O)[O-]. The van der Waals surface area contributed by atoms with Crippen molar-refractivity contribution in [3.8, 4) is 0 Å². The van der Waals surface area contributed by atoms with Crippen molar-refractivity contribution in [1.82, 2.24) is 20.4 Å². The van der Waals surface area contributed by atoms with Crippen LogP contribution in [0.2, 0.25) is 0 Å². The summed E-state index contributed by atoms with van der Waals surface area (Å²) in [7, 11) is 1.22. The summed E-state index contributed by atoms with van der Waals surface area (Å²) in [5.74, 6) is -1.61. The summed E-state index contributed by atoms with van der Waals surface area (Å²) in [6.07, 6.45) is 3.93. The number of para-hydroxylation sites is 1. The van der Waals surface area contributed by atoms with Gasteiger partial charge in [0.2, 0.25) is 11.6 Å². The van der Waals surface area contributed by atoms with Crippen LogP contribution in [0.5, 0.6) is 0 Å². The van der Waals surface area contributed by atoms with Gasteiger partial charge in [-0.1, -0.05) is 12.1 Å². The van der Waals surface area contributed by atoms with Crippen molar-refractivity contribution in [3.63, 3.8) is 0 Å². The van der Waals surface area contributed by atoms with Crippen LogP contribution in [0.1, 0.15) is 20.7 Å². The van der Waals surface area contributed by atoms with Gasteiger partial charge in [-0.3, -0.25) is 30.7 Å². The van der Waals surface area contributed by atoms with E-state index >= 15 is 0 Å². The van der Waals surface area contributed by atoms with Crippen LogP contribution in [0, 0.1) is 10.1 Å². The maximum Gasteiger partial charge on any atom is 0.355 e. The standard InChI is InChI=1S/C18H15N7O5/c1-30-18(27)12-4-2-3-5-13(12)22-15-14(25(28)29)16(21-10-20-15)23-24-17(26)11-6-8-19-9-7-11/h2-10H,1H3,(H,24,26)(H2,20,21,22,23). The highest BCUT2D eigenvalue weighted by molar-refractivity contribution is 5.97. The lowest BCUT2D eigenvalue weighted by atomic mass is 10.2. The number of hydrogen-bond acceptors (Lipinski definition) is 10. The molecule has 3 aromatic rings. The van der Waals surface area contributed by atoms with Gasteiger partial charge in [-0.05, 0) is 24.3 Å². The van der Waals surface area contributed by atoms with Crippen LogP contribution >= 0.6 is 0 Å². The maximum atomic E-state index is 12.1. The Morgan fingerprint density at radius 3 is 2.47 bits per heavy atom. The average Bonchev–Trinajstić information content (AvgIpc) is 2.77. The van der Waals surface area contributed by atoms with Gasteiger partial charge < -0.3 is 10.1 Å². The summed E-state index contributed by atoms with van der Waals surface area (Å²) in [6.45, 7) is 0. The minimum atomic E-state index is -0.718. The first-order valence-corrected chi connectivity index (χ1v) is 8.41. The molecule has 2 aromatic heterocycles. The van der Waals surface area contributed by atoms with Crippen LogP contribution in [0.15, 0.2) is 55.1 Å². The Labute approximate surface area is 169 Å². The number of hydrogen-bond donors (Lipinski definition) is 3. The lowest BCUT2D eigenvalue weighted by Gasteiger charge is -2.12. The number of nitrogens with one attached hydrogen (secondary N) is 3. The molecule has 0 unspecified atom stereocenters. The number of carbonyl (C=O) groups is 2. The van der Waals surface area contributed by atoms with Gasteiger partial charge in [0.05, 0.1) is 23.3 Å². The number of nitrogens with zero attached hydrogens (tertiary/aromatic N) is 4. The highest BCUT2D eigenvalue weighted by atomic mass is 16.6. The zero-order valence-corrected chi connectivity index (χ0v) is 15.5. The van der Waals surface area contributed by atoms with Crippen LogP contribution in [0.3, 0.4) is 0 Å². The normalized spacial score (nSPS) is 10.0. The number of ether oxygens (including phenoxy) is 1. The van der Waals surface area contributed by atoms with E-state index in [0.717, 1.165) is 6.33 Å². The Hall–Kier alpha value is -4.61. The summed E-state index contributed by atoms with van der Waals surface area (Å²) in [5, 5.41) is 14.4. The van der Waals surface area contributed by atoms with Crippen LogP contribution in [-0.4, -0.2) is 38.9 Å². The van der Waals surface area contributed by atoms with Crippen LogP contribution in [0.25, 0.3) is 0 Å². The van der Waals surface area contributed by atoms with Crippen molar-refractivity contribution in [2.75, 3.05) is 17.9 Å². The molecule has 1 aromatic carbocycles. The monoisotopic (exact) mass is 409 g/mol. The first-order valence-electron chi connectivity index (χ1n) is 8.41. The van der Waals surface area contributed by atoms with E-state index in [2.05, 4.69) is 31.1 Å². The summed E-state index contributed by atoms with van der Waals surface area (Å²) in [6, 6.07) is 9.24. The zero-order valence-electron chi connectivity index (χ0n) is 15.5. The van der Waals surface area contributed by atoms with E-state index in [4.69, 9.17) is 4.74 Å². The Morgan fingerprint density at radius 1 is 1.07 bits per heavy atom. The molecule has 1 amide bonds. The maximum absolute atomic E-state index is 12.1. The van der Waals surface area contributed by atoms with Gasteiger partial charge in [-0.25, -0.2) is 14.8 Å². The highest BCUT2D eigenvalue weighted by Crippen LogP contribution is 2.31. The van der Waals surface area contributed by atoms with Gasteiger partial charge >= 0.3 is 11.7 Å². The molecule has 2 heterocycles. The molecule has 152 valence electrons. The second-order valence-corrected chi connectivity index (χ2v) is 5.65. The number of anilines is 3. The number of carbonyl (C=O) groups excluding carboxylic acids is 2. The minimum Gasteiger partial charge on any atom is -0.465 e. The van der Waals surface area contributed by atoms with E-state index in [1.54, 1.807) is 12.1 Å². The Kier molecular flexibility index (Phi) is 6.08. The number of hydrazine groups is 1. The van der Waals surface area contributed by atoms with E-state index in [1.165, 1.54) is 43.8 Å². The number of amides is 1. The van der Waals surface area contributed by atoms with Crippen molar-refractivity contribution in [2.24, 2.45) is 0 Å². The number of aromatic nitrogens is 3. The van der Waals surface area contributed by atoms with E-state index in [9.17, 15) is 19.7 Å². The molecule has 3 N–H and O–H groups in total. The molecule has 0 radical (unpaired) electrons. The van der Waals surface area contributed by atoms with Gasteiger partial charge in [0.1, 0.15) is 6.33 Å². The van der Waals surface area contributed by atoms with Gasteiger partial charge in [0.25, 0.3) is 5.91 Å². The predicted octanol–water partition coefficient (Wildman–Crippen LogP) is 2.07. The first kappa shape index (κ1) is 20.1. The lowest BCUT2D eigenvalue weighted by Crippen LogP contribution is -2.30. The molecule has 0 aliphatic carbocycles. The molecule has 0 saturated carbocycles. The van der Waals surface area contributed by atoms with E-state index in [0.29, 0.717) is 5.56 Å². The van der Waals surface area contributed by atoms with Gasteiger partial charge in [-0.2, -0.15) is 0 Å². The summed E-state index contributed by atoms with van der Waals surface area (Å²) >= 11 is 0. The topological polar surface area (TPSA) is 161 Å². The second kappa shape index (κ2) is 9.05. The summed E-state index contributed by atoms with van der Waals surface area (Å²) in [4.78, 5) is 46.5. The fourth-order valence-electron chi connectivity index (χ4n) is 2.43. The molecular weight excluding hydrogens is 394 g/mol. The van der Waals surface area contributed by atoms with Crippen molar-refractivity contribution in [1.29, 1.82) is 0 Å². The quantitative estimate of drug-likeness (QED) is 0.299. The largest absolute Gasteiger partial charge is 0.465 e. The van der Waals surface area contributed by atoms with Crippen molar-refractivity contribution < 1.29 is 19.2 Å². The number of esters is 1. The fourth-order valence-corrected chi connectivity index (χ4v) is 2.43. The van der Waals surface area contributed by atoms with Gasteiger partial charge in [0.15, 0.2) is 0 Å². The van der Waals surface area contributed by atoms with Crippen molar-refractivity contribution in [3.05, 3.63) is 76.4 Å². The molecule has 0 fully saturated rings. The first-order chi connectivity index (χ1) is 14.5. The minimum absolute atomic E-state index is 0.161. The third kappa shape index (κ3) is 4.44. The third-order valence-electron chi connectivity index (χ3n) is 3.83. The predicted molar refractivity (Wildman–Crippen MR) is 105 cm³/mol. The van der Waals surface area contributed by atoms with Crippen molar-refractivity contribution in [2.45, 2.75) is 0 Å². The van der Waals surface area contributed by atoms with E-state index < -0.39 is 22.5 Å². The highest BCUT2D eigenvalue weighted by Gasteiger charge is 2.25. The van der Waals surface area contributed by atoms with E-state index in [1.807, 2.05) is 0 Å². The van der Waals surface area contributed by atoms with Crippen molar-refractivity contribution >= 4 is 34.9 Å². The van der Waals surface area contributed by atoms with Gasteiger partial charge in [-0.15, -0.1) is 0 Å². The molecule has 0 atom stereocenters. The summed E-state index contributed by atoms with van der Waals surface area (Å²) < 4.78 is 4.71. The average molecular weight is 409 g/mol. The Bertz CT molecular complexity index is 1090. The number of rotatable bonds is 7. The van der Waals surface area contributed by atoms with Gasteiger partial charge in [0, 0.05) is 18.0 Å². The Balaban J connectivity index is 1.88. The number of benzene rings is 1. The van der Waals surface area contributed by atoms with Crippen LogP contribution < -0.4 is 16.2 Å². The molecule has 0 aliphatic heterocycles. The fraction of sp³-hybridized carbons (Fsp3) is 0.0556. The van der Waals surface area contributed by atoms with E-state index in [-0.39, 0.29) is 22.9 Å². The third-order valence-corrected chi connectivity index (χ3v) is 3.83. The van der Waals surface area contributed by atoms with Crippen LogP contribution in [-0.2, 0) is 4.74 Å². The molecule has 0 aliphatic rings. The number of methoxy groups -OCH3 is 1. The Morgan fingerprint density at radius 2 is 1.77 bits per heavy atom. The number of pyridine rings is 1. The molecule has 30 heavy (non-hydrogen) atoms. The molecule has 0 saturated heterocycles.